The fourth-order valence-corrected chi connectivity index (χ4v) is 8.31. The van der Waals surface area contributed by atoms with E-state index in [4.69, 9.17) is 18.6 Å². The first-order valence-electron chi connectivity index (χ1n) is 21.3. The van der Waals surface area contributed by atoms with Crippen molar-refractivity contribution >= 4 is 18.6 Å². The van der Waals surface area contributed by atoms with E-state index in [2.05, 4.69) is 109 Å². The Bertz CT molecular complexity index is 2630. The van der Waals surface area contributed by atoms with Gasteiger partial charge in [-0.1, -0.05) is 243 Å². The summed E-state index contributed by atoms with van der Waals surface area (Å²) in [4.78, 5) is 0. The van der Waals surface area contributed by atoms with Gasteiger partial charge in [-0.15, -0.1) is 0 Å². The molecule has 65 heavy (non-hydrogen) atoms. The normalized spacial score (nSPS) is 10.4. The fourth-order valence-electron chi connectivity index (χ4n) is 8.31. The summed E-state index contributed by atoms with van der Waals surface area (Å²) in [6.07, 6.45) is 0. The van der Waals surface area contributed by atoms with Gasteiger partial charge in [0.15, 0.2) is 0 Å². The molecule has 0 saturated heterocycles. The number of phenols is 2. The molecule has 0 aliphatic rings. The van der Waals surface area contributed by atoms with Crippen molar-refractivity contribution in [2.24, 2.45) is 0 Å². The Hall–Kier alpha value is -6.91. The molecule has 0 unspecified atom stereocenters. The third-order valence-electron chi connectivity index (χ3n) is 11.2. The van der Waals surface area contributed by atoms with Crippen LogP contribution >= 0.6 is 18.6 Å². The monoisotopic (exact) mass is 914 g/mol. The SMILES string of the molecule is Oc1c(-c2ccccc2)c(-c2ccccc2)cc(-c2ccccc2)c1-c1ccccc1.Oc1c(-c2ccccc2)c(-c2ccccc2)cc(-c2ccccc2)c1-c1ccccc1.[Cl][Ti][Cl]. The van der Waals surface area contributed by atoms with E-state index >= 15 is 0 Å². The topological polar surface area (TPSA) is 40.5 Å². The van der Waals surface area contributed by atoms with Gasteiger partial charge in [0.2, 0.25) is 0 Å². The van der Waals surface area contributed by atoms with Crippen LogP contribution in [0, 0.1) is 0 Å². The van der Waals surface area contributed by atoms with Gasteiger partial charge < -0.3 is 10.2 Å². The first kappa shape index (κ1) is 44.7. The van der Waals surface area contributed by atoms with Gasteiger partial charge in [-0.25, -0.2) is 0 Å². The second kappa shape index (κ2) is 22.1. The van der Waals surface area contributed by atoms with E-state index in [1.165, 1.54) is 0 Å². The molecule has 0 aliphatic heterocycles. The molecule has 0 radical (unpaired) electrons. The second-order valence-electron chi connectivity index (χ2n) is 15.1. The van der Waals surface area contributed by atoms with Crippen LogP contribution in [0.1, 0.15) is 0 Å². The van der Waals surface area contributed by atoms with Gasteiger partial charge >= 0.3 is 35.6 Å². The summed E-state index contributed by atoms with van der Waals surface area (Å²) in [6, 6.07) is 86.1. The molecule has 2 nitrogen and oxygen atoms in total. The molecule has 5 heteroatoms. The summed E-state index contributed by atoms with van der Waals surface area (Å²) in [7, 11) is 9.78. The molecule has 0 amide bonds. The average molecular weight is 916 g/mol. The second-order valence-corrected chi connectivity index (χ2v) is 17.7. The quantitative estimate of drug-likeness (QED) is 0.149. The third-order valence-corrected chi connectivity index (χ3v) is 11.2. The zero-order valence-electron chi connectivity index (χ0n) is 35.4. The minimum absolute atomic E-state index is 0.303. The zero-order valence-corrected chi connectivity index (χ0v) is 38.5. The molecule has 0 spiro atoms. The van der Waals surface area contributed by atoms with E-state index in [0.29, 0.717) is 11.5 Å². The molecule has 10 aromatic rings. The van der Waals surface area contributed by atoms with Crippen LogP contribution < -0.4 is 0 Å². The van der Waals surface area contributed by atoms with Crippen molar-refractivity contribution in [3.63, 3.8) is 0 Å². The number of aromatic hydroxyl groups is 2. The molecule has 10 aromatic carbocycles. The van der Waals surface area contributed by atoms with E-state index in [9.17, 15) is 10.2 Å². The summed E-state index contributed by atoms with van der Waals surface area (Å²) in [5.41, 5.74) is 15.8. The minimum atomic E-state index is -0.556. The van der Waals surface area contributed by atoms with Crippen LogP contribution in [-0.4, -0.2) is 10.2 Å². The van der Waals surface area contributed by atoms with Crippen LogP contribution in [0.15, 0.2) is 255 Å². The van der Waals surface area contributed by atoms with Gasteiger partial charge in [0.1, 0.15) is 11.5 Å². The first-order chi connectivity index (χ1) is 32.1. The van der Waals surface area contributed by atoms with E-state index in [0.717, 1.165) is 89.0 Å². The van der Waals surface area contributed by atoms with Crippen LogP contribution in [0.4, 0.5) is 0 Å². The van der Waals surface area contributed by atoms with Crippen LogP contribution in [0.2, 0.25) is 0 Å². The van der Waals surface area contributed by atoms with Crippen molar-refractivity contribution in [2.75, 3.05) is 0 Å². The molecule has 0 heterocycles. The molecule has 2 N–H and O–H groups in total. The van der Waals surface area contributed by atoms with Crippen molar-refractivity contribution in [3.05, 3.63) is 255 Å². The molecule has 0 saturated carbocycles. The molecular weight excluding hydrogens is 871 g/mol. The zero-order chi connectivity index (χ0) is 44.8. The maximum atomic E-state index is 11.8. The summed E-state index contributed by atoms with van der Waals surface area (Å²) in [6.45, 7) is 0. The predicted molar refractivity (Wildman–Crippen MR) is 271 cm³/mol. The van der Waals surface area contributed by atoms with Gasteiger partial charge in [-0.3, -0.25) is 0 Å². The van der Waals surface area contributed by atoms with Gasteiger partial charge in [-0.2, -0.15) is 0 Å². The molecule has 314 valence electrons. The number of phenolic OH excluding ortho intramolecular Hbond substituents is 2. The number of rotatable bonds is 8. The van der Waals surface area contributed by atoms with Gasteiger partial charge in [0.05, 0.1) is 0 Å². The number of halogens is 2. The maximum absolute atomic E-state index is 11.8. The number of hydrogen-bond acceptors (Lipinski definition) is 2. The van der Waals surface area contributed by atoms with Gasteiger partial charge in [-0.05, 0) is 78.9 Å². The van der Waals surface area contributed by atoms with E-state index in [1.54, 1.807) is 0 Å². The Morgan fingerprint density at radius 3 is 0.523 bits per heavy atom. The van der Waals surface area contributed by atoms with Crippen molar-refractivity contribution < 1.29 is 27.2 Å². The molecular formula is C60H44Cl2O2Ti. The fraction of sp³-hybridized carbons (Fsp3) is 0. The Morgan fingerprint density at radius 2 is 0.369 bits per heavy atom. The summed E-state index contributed by atoms with van der Waals surface area (Å²) >= 11 is -0.556. The average Bonchev–Trinajstić information content (AvgIpc) is 3.38. The van der Waals surface area contributed by atoms with Gasteiger partial charge in [0.25, 0.3) is 0 Å². The van der Waals surface area contributed by atoms with E-state index < -0.39 is 17.0 Å². The standard InChI is InChI=1S/2C30H22O.2ClH.Ti/c2*31-30-28(24-17-9-3-10-18-24)26(22-13-5-1-6-14-22)21-27(23-15-7-2-8-16-23)29(30)25-19-11-4-12-20-25;;;/h2*1-21,31H;2*1H;/q;;;;+2/p-2. The van der Waals surface area contributed by atoms with Crippen LogP contribution in [0.25, 0.3) is 89.0 Å². The molecule has 0 aliphatic carbocycles. The van der Waals surface area contributed by atoms with Crippen molar-refractivity contribution in [1.82, 2.24) is 0 Å². The molecule has 0 bridgehead atoms. The molecule has 0 fully saturated rings. The Morgan fingerprint density at radius 1 is 0.231 bits per heavy atom. The Balaban J connectivity index is 0.000000167. The molecule has 10 rings (SSSR count). The predicted octanol–water partition coefficient (Wildman–Crippen LogP) is 17.5. The van der Waals surface area contributed by atoms with Crippen LogP contribution in [0.3, 0.4) is 0 Å². The Labute approximate surface area is 398 Å². The first-order valence-corrected chi connectivity index (χ1v) is 25.6. The van der Waals surface area contributed by atoms with Crippen molar-refractivity contribution in [3.8, 4) is 101 Å². The van der Waals surface area contributed by atoms with Crippen molar-refractivity contribution in [1.29, 1.82) is 0 Å². The third kappa shape index (κ3) is 10.4. The van der Waals surface area contributed by atoms with Gasteiger partial charge in [0, 0.05) is 22.3 Å². The molecule has 0 atom stereocenters. The van der Waals surface area contributed by atoms with E-state index in [-0.39, 0.29) is 0 Å². The van der Waals surface area contributed by atoms with Crippen LogP contribution in [0.5, 0.6) is 11.5 Å². The molecule has 0 aromatic heterocycles. The van der Waals surface area contributed by atoms with Crippen LogP contribution in [-0.2, 0) is 17.0 Å². The summed E-state index contributed by atoms with van der Waals surface area (Å²) < 4.78 is 0. The summed E-state index contributed by atoms with van der Waals surface area (Å²) in [5.74, 6) is 0.607. The number of benzene rings is 10. The Kier molecular flexibility index (Phi) is 15.2. The summed E-state index contributed by atoms with van der Waals surface area (Å²) in [5, 5.41) is 23.6. The van der Waals surface area contributed by atoms with E-state index in [1.807, 2.05) is 146 Å². The van der Waals surface area contributed by atoms with Crippen molar-refractivity contribution in [2.45, 2.75) is 0 Å². The number of hydrogen-bond donors (Lipinski definition) is 2.